The zero-order valence-electron chi connectivity index (χ0n) is 24.3. The summed E-state index contributed by atoms with van der Waals surface area (Å²) in [6.07, 6.45) is 1.80. The van der Waals surface area contributed by atoms with Gasteiger partial charge in [0.1, 0.15) is 22.4 Å². The number of pyridine rings is 1. The first-order valence-corrected chi connectivity index (χ1v) is 13.9. The van der Waals surface area contributed by atoms with Crippen LogP contribution in [0.3, 0.4) is 0 Å². The minimum Gasteiger partial charge on any atom is -0.323 e. The molecule has 0 aliphatic heterocycles. The molecule has 1 saturated carbocycles. The Bertz CT molecular complexity index is 1900. The SMILES string of the molecule is C/C=C/N=C(/C(F)=C/n1c(C)cc(C2C(C)C2c2cnn(C(O)(O)O)n2)c(Cl)c1=O)c1cccc(-c2nc(C)nn2C)c1F. The van der Waals surface area contributed by atoms with Crippen molar-refractivity contribution in [2.45, 2.75) is 45.6 Å². The molecule has 5 rings (SSSR count). The molecule has 1 aliphatic carbocycles. The van der Waals surface area contributed by atoms with E-state index in [0.29, 0.717) is 27.6 Å². The highest BCUT2D eigenvalue weighted by molar-refractivity contribution is 6.31. The zero-order chi connectivity index (χ0) is 32.1. The molecule has 3 N–H and O–H groups in total. The quantitative estimate of drug-likeness (QED) is 0.198. The fourth-order valence-corrected chi connectivity index (χ4v) is 5.60. The predicted octanol–water partition coefficient (Wildman–Crippen LogP) is 3.50. The molecule has 4 aromatic rings. The van der Waals surface area contributed by atoms with Gasteiger partial charge in [0.15, 0.2) is 11.7 Å². The highest BCUT2D eigenvalue weighted by atomic mass is 35.5. The van der Waals surface area contributed by atoms with Gasteiger partial charge in [0, 0.05) is 30.4 Å². The summed E-state index contributed by atoms with van der Waals surface area (Å²) < 4.78 is 34.3. The number of nitrogens with zero attached hydrogens (tertiary/aromatic N) is 8. The molecule has 3 atom stereocenters. The Kier molecular flexibility index (Phi) is 8.20. The van der Waals surface area contributed by atoms with Gasteiger partial charge in [0.05, 0.1) is 23.7 Å². The molecule has 230 valence electrons. The molecule has 0 amide bonds. The van der Waals surface area contributed by atoms with Crippen molar-refractivity contribution in [3.8, 4) is 11.4 Å². The third-order valence-corrected chi connectivity index (χ3v) is 7.83. The van der Waals surface area contributed by atoms with Gasteiger partial charge in [-0.3, -0.25) is 14.4 Å². The molecule has 0 radical (unpaired) electrons. The highest BCUT2D eigenvalue weighted by Gasteiger charge is 2.51. The molecule has 3 heterocycles. The lowest BCUT2D eigenvalue weighted by atomic mass is 10.0. The number of aliphatic imine (C=N–C) groups is 1. The highest BCUT2D eigenvalue weighted by Crippen LogP contribution is 2.60. The molecule has 0 spiro atoms. The molecule has 15 heteroatoms. The van der Waals surface area contributed by atoms with E-state index in [9.17, 15) is 20.1 Å². The van der Waals surface area contributed by atoms with E-state index in [1.165, 1.54) is 29.2 Å². The lowest BCUT2D eigenvalue weighted by Gasteiger charge is -2.13. The zero-order valence-corrected chi connectivity index (χ0v) is 25.1. The van der Waals surface area contributed by atoms with Crippen molar-refractivity contribution in [1.82, 2.24) is 34.3 Å². The van der Waals surface area contributed by atoms with Crippen molar-refractivity contribution in [3.05, 3.63) is 98.1 Å². The van der Waals surface area contributed by atoms with E-state index < -0.39 is 23.3 Å². The molecular formula is C29H29ClF2N8O4. The second-order valence-corrected chi connectivity index (χ2v) is 10.9. The van der Waals surface area contributed by atoms with Gasteiger partial charge in [0.25, 0.3) is 5.56 Å². The molecule has 44 heavy (non-hydrogen) atoms. The molecule has 12 nitrogen and oxygen atoms in total. The Balaban J connectivity index is 1.52. The second-order valence-electron chi connectivity index (χ2n) is 10.5. The van der Waals surface area contributed by atoms with Crippen molar-refractivity contribution in [3.63, 3.8) is 0 Å². The first-order valence-electron chi connectivity index (χ1n) is 13.5. The maximum Gasteiger partial charge on any atom is 0.405 e. The molecular weight excluding hydrogens is 598 g/mol. The molecule has 3 aromatic heterocycles. The summed E-state index contributed by atoms with van der Waals surface area (Å²) in [6, 6.07) is 6.08. The summed E-state index contributed by atoms with van der Waals surface area (Å²) in [5.74, 6) is -1.67. The minimum atomic E-state index is -3.26. The van der Waals surface area contributed by atoms with E-state index in [-0.39, 0.29) is 45.4 Å². The van der Waals surface area contributed by atoms with Crippen molar-refractivity contribution >= 4 is 23.5 Å². The smallest absolute Gasteiger partial charge is 0.323 e. The fourth-order valence-electron chi connectivity index (χ4n) is 5.33. The van der Waals surface area contributed by atoms with Gasteiger partial charge in [-0.05, 0) is 56.4 Å². The summed E-state index contributed by atoms with van der Waals surface area (Å²) >= 11 is 6.53. The molecule has 0 saturated heterocycles. The van der Waals surface area contributed by atoms with Crippen LogP contribution in [0, 0.1) is 25.6 Å². The van der Waals surface area contributed by atoms with Crippen molar-refractivity contribution in [1.29, 1.82) is 0 Å². The van der Waals surface area contributed by atoms with Gasteiger partial charge < -0.3 is 15.3 Å². The predicted molar refractivity (Wildman–Crippen MR) is 158 cm³/mol. The Morgan fingerprint density at radius 1 is 1.18 bits per heavy atom. The number of aryl methyl sites for hydroxylation is 3. The largest absolute Gasteiger partial charge is 0.405 e. The Labute approximate surface area is 254 Å². The summed E-state index contributed by atoms with van der Waals surface area (Å²) in [5.41, 5.74) is 0.104. The van der Waals surface area contributed by atoms with Crippen molar-refractivity contribution < 1.29 is 24.1 Å². The summed E-state index contributed by atoms with van der Waals surface area (Å²) in [4.78, 5) is 22.2. The van der Waals surface area contributed by atoms with Crippen molar-refractivity contribution in [2.24, 2.45) is 18.0 Å². The topological polar surface area (TPSA) is 156 Å². The normalized spacial score (nSPS) is 19.3. The lowest BCUT2D eigenvalue weighted by Crippen LogP contribution is -2.34. The van der Waals surface area contributed by atoms with E-state index in [1.54, 1.807) is 46.0 Å². The van der Waals surface area contributed by atoms with Crippen LogP contribution in [-0.2, 0) is 13.1 Å². The fraction of sp³-hybridized carbons (Fsp3) is 0.310. The number of allylic oxidation sites excluding steroid dienone is 2. The minimum absolute atomic E-state index is 0.0578. The van der Waals surface area contributed by atoms with Gasteiger partial charge in [-0.1, -0.05) is 35.5 Å². The second kappa shape index (κ2) is 11.6. The van der Waals surface area contributed by atoms with Gasteiger partial charge in [0.2, 0.25) is 0 Å². The summed E-state index contributed by atoms with van der Waals surface area (Å²) in [6.45, 7) is 6.84. The molecule has 1 fully saturated rings. The van der Waals surface area contributed by atoms with Crippen LogP contribution >= 0.6 is 11.6 Å². The average Bonchev–Trinajstić information content (AvgIpc) is 3.25. The van der Waals surface area contributed by atoms with Crippen LogP contribution in [0.5, 0.6) is 0 Å². The monoisotopic (exact) mass is 626 g/mol. The number of aromatic nitrogens is 7. The third-order valence-electron chi connectivity index (χ3n) is 7.45. The number of halogens is 3. The summed E-state index contributed by atoms with van der Waals surface area (Å²) in [7, 11) is 1.62. The maximum atomic E-state index is 16.0. The van der Waals surface area contributed by atoms with E-state index in [0.717, 1.165) is 10.8 Å². The summed E-state index contributed by atoms with van der Waals surface area (Å²) in [5, 5.41) is 39.6. The van der Waals surface area contributed by atoms with Gasteiger partial charge in [-0.25, -0.2) is 18.4 Å². The van der Waals surface area contributed by atoms with Gasteiger partial charge >= 0.3 is 6.10 Å². The first-order chi connectivity index (χ1) is 20.7. The molecule has 0 bridgehead atoms. The number of aliphatic hydroxyl groups is 3. The van der Waals surface area contributed by atoms with E-state index in [2.05, 4.69) is 25.3 Å². The van der Waals surface area contributed by atoms with Crippen LogP contribution in [0.2, 0.25) is 5.02 Å². The van der Waals surface area contributed by atoms with Crippen LogP contribution in [0.15, 0.2) is 58.4 Å². The Morgan fingerprint density at radius 3 is 2.52 bits per heavy atom. The molecule has 1 aromatic carbocycles. The van der Waals surface area contributed by atoms with Gasteiger partial charge in [-0.15, -0.1) is 0 Å². The third kappa shape index (κ3) is 5.64. The number of hydrogen-bond donors (Lipinski definition) is 3. The van der Waals surface area contributed by atoms with Crippen LogP contribution in [0.25, 0.3) is 17.6 Å². The van der Waals surface area contributed by atoms with Gasteiger partial charge in [-0.2, -0.15) is 15.3 Å². The maximum absolute atomic E-state index is 16.0. The Morgan fingerprint density at radius 2 is 1.91 bits per heavy atom. The number of rotatable bonds is 8. The van der Waals surface area contributed by atoms with Crippen LogP contribution < -0.4 is 5.56 Å². The Hall–Kier alpha value is -4.37. The number of hydrogen-bond acceptors (Lipinski definition) is 9. The number of benzene rings is 1. The van der Waals surface area contributed by atoms with Crippen molar-refractivity contribution in [2.75, 3.05) is 0 Å². The van der Waals surface area contributed by atoms with E-state index in [4.69, 9.17) is 11.6 Å². The first kappa shape index (κ1) is 31.1. The molecule has 3 unspecified atom stereocenters. The molecule has 1 aliphatic rings. The standard InChI is InChI=1S/C29H29ClF2N8O4/c1-6-10-33-26(17-8-7-9-18(25(17)32)27-35-16(4)36-38(27)5)20(31)13-39-14(2)11-19(24(30)28(39)41)22-15(3)23(22)21-12-34-40(37-21)29(42,43)44/h6-13,15,22-23,42-44H,1-5H3/b10-6+,20-13-,33-26+. The van der Waals surface area contributed by atoms with Crippen LogP contribution in [0.4, 0.5) is 8.78 Å². The van der Waals surface area contributed by atoms with E-state index >= 15 is 8.78 Å². The van der Waals surface area contributed by atoms with Crippen LogP contribution in [-0.4, -0.2) is 55.4 Å². The average molecular weight is 627 g/mol. The van der Waals surface area contributed by atoms with Crippen LogP contribution in [0.1, 0.15) is 54.0 Å². The lowest BCUT2D eigenvalue weighted by molar-refractivity contribution is -0.387. The van der Waals surface area contributed by atoms with E-state index in [1.807, 2.05) is 6.92 Å².